The molecule has 1 unspecified atom stereocenters. The lowest BCUT2D eigenvalue weighted by Crippen LogP contribution is -2.18. The Labute approximate surface area is 123 Å². The Hall–Kier alpha value is -2.18. The molecule has 0 fully saturated rings. The summed E-state index contributed by atoms with van der Waals surface area (Å²) in [5, 5.41) is 14.0. The summed E-state index contributed by atoms with van der Waals surface area (Å²) in [6.45, 7) is 4.05. The molecule has 1 heterocycles. The van der Waals surface area contributed by atoms with Gasteiger partial charge in [0.25, 0.3) is 0 Å². The van der Waals surface area contributed by atoms with E-state index < -0.39 is 10.9 Å². The van der Waals surface area contributed by atoms with Gasteiger partial charge in [0, 0.05) is 12.1 Å². The van der Waals surface area contributed by atoms with Gasteiger partial charge in [0.2, 0.25) is 5.82 Å². The van der Waals surface area contributed by atoms with Gasteiger partial charge in [-0.25, -0.2) is 9.78 Å². The molecule has 1 aromatic heterocycles. The van der Waals surface area contributed by atoms with Crippen molar-refractivity contribution in [1.29, 1.82) is 0 Å². The van der Waals surface area contributed by atoms with E-state index in [4.69, 9.17) is 0 Å². The Bertz CT molecular complexity index is 505. The molecule has 1 atom stereocenters. The highest BCUT2D eigenvalue weighted by atomic mass is 16.6. The molecule has 7 heteroatoms. The first-order valence-corrected chi connectivity index (χ1v) is 6.99. The van der Waals surface area contributed by atoms with E-state index in [9.17, 15) is 14.9 Å². The van der Waals surface area contributed by atoms with Crippen LogP contribution >= 0.6 is 0 Å². The van der Waals surface area contributed by atoms with Gasteiger partial charge in [-0.05, 0) is 19.4 Å². The zero-order valence-corrected chi connectivity index (χ0v) is 12.6. The minimum Gasteiger partial charge on any atom is -0.464 e. The van der Waals surface area contributed by atoms with Crippen LogP contribution in [0.3, 0.4) is 0 Å². The van der Waals surface area contributed by atoms with Gasteiger partial charge in [0.05, 0.1) is 12.0 Å². The lowest BCUT2D eigenvalue weighted by atomic mass is 10.1. The number of pyridine rings is 1. The maximum Gasteiger partial charge on any atom is 0.356 e. The fourth-order valence-electron chi connectivity index (χ4n) is 1.93. The van der Waals surface area contributed by atoms with Gasteiger partial charge in [-0.2, -0.15) is 0 Å². The molecule has 1 rings (SSSR count). The van der Waals surface area contributed by atoms with Gasteiger partial charge in [-0.3, -0.25) is 10.1 Å². The first-order valence-electron chi connectivity index (χ1n) is 6.99. The molecule has 0 saturated heterocycles. The molecule has 0 saturated carbocycles. The molecule has 0 radical (unpaired) electrons. The second-order valence-electron chi connectivity index (χ2n) is 4.85. The number of aromatic nitrogens is 1. The number of anilines is 1. The maximum atomic E-state index is 11.5. The van der Waals surface area contributed by atoms with Crippen LogP contribution in [0.25, 0.3) is 0 Å². The Kier molecular flexibility index (Phi) is 6.58. The summed E-state index contributed by atoms with van der Waals surface area (Å²) in [5.41, 5.74) is -0.101. The molecule has 7 nitrogen and oxygen atoms in total. The number of ether oxygens (including phenoxy) is 1. The predicted octanol–water partition coefficient (Wildman–Crippen LogP) is 3.16. The molecule has 0 aliphatic carbocycles. The number of nitrogens with one attached hydrogen (secondary N) is 1. The Balaban J connectivity index is 2.90. The normalized spacial score (nSPS) is 11.8. The fraction of sp³-hybridized carbons (Fsp3) is 0.571. The SMILES string of the molecule is CCCCCC(C)Nc1nc(C(=O)OC)ccc1[N+](=O)[O-]. The Morgan fingerprint density at radius 2 is 2.19 bits per heavy atom. The van der Waals surface area contributed by atoms with E-state index in [1.54, 1.807) is 0 Å². The fourth-order valence-corrected chi connectivity index (χ4v) is 1.93. The number of esters is 1. The molecule has 0 aliphatic heterocycles. The minimum absolute atomic E-state index is 0.0376. The van der Waals surface area contributed by atoms with Crippen LogP contribution in [-0.4, -0.2) is 29.0 Å². The Morgan fingerprint density at radius 3 is 2.76 bits per heavy atom. The summed E-state index contributed by atoms with van der Waals surface area (Å²) >= 11 is 0. The summed E-state index contributed by atoms with van der Waals surface area (Å²) in [4.78, 5) is 26.0. The lowest BCUT2D eigenvalue weighted by Gasteiger charge is -2.14. The van der Waals surface area contributed by atoms with Gasteiger partial charge in [0.15, 0.2) is 5.69 Å². The van der Waals surface area contributed by atoms with Crippen molar-refractivity contribution in [2.75, 3.05) is 12.4 Å². The second-order valence-corrected chi connectivity index (χ2v) is 4.85. The van der Waals surface area contributed by atoms with E-state index >= 15 is 0 Å². The van der Waals surface area contributed by atoms with Crippen molar-refractivity contribution < 1.29 is 14.5 Å². The number of nitrogens with zero attached hydrogens (tertiary/aromatic N) is 2. The average Bonchev–Trinajstić information content (AvgIpc) is 2.46. The average molecular weight is 295 g/mol. The zero-order chi connectivity index (χ0) is 15.8. The largest absolute Gasteiger partial charge is 0.464 e. The molecule has 21 heavy (non-hydrogen) atoms. The molecule has 0 bridgehead atoms. The van der Waals surface area contributed by atoms with Crippen LogP contribution in [0.5, 0.6) is 0 Å². The van der Waals surface area contributed by atoms with Crippen molar-refractivity contribution in [3.8, 4) is 0 Å². The molecule has 1 N–H and O–H groups in total. The van der Waals surface area contributed by atoms with E-state index in [1.807, 2.05) is 6.92 Å². The summed E-state index contributed by atoms with van der Waals surface area (Å²) in [7, 11) is 1.24. The van der Waals surface area contributed by atoms with Gasteiger partial charge in [0.1, 0.15) is 0 Å². The second kappa shape index (κ2) is 8.18. The van der Waals surface area contributed by atoms with E-state index in [1.165, 1.54) is 19.2 Å². The van der Waals surface area contributed by atoms with Crippen molar-refractivity contribution in [2.45, 2.75) is 45.6 Å². The van der Waals surface area contributed by atoms with Gasteiger partial charge >= 0.3 is 11.7 Å². The summed E-state index contributed by atoms with van der Waals surface area (Å²) < 4.78 is 4.58. The van der Waals surface area contributed by atoms with Crippen LogP contribution in [0, 0.1) is 10.1 Å². The number of hydrogen-bond donors (Lipinski definition) is 1. The summed E-state index contributed by atoms with van der Waals surface area (Å²) in [5.74, 6) is -0.515. The monoisotopic (exact) mass is 295 g/mol. The minimum atomic E-state index is -0.619. The van der Waals surface area contributed by atoms with Crippen LogP contribution in [-0.2, 0) is 4.74 Å². The van der Waals surface area contributed by atoms with Crippen molar-refractivity contribution in [1.82, 2.24) is 4.98 Å². The first kappa shape index (κ1) is 16.9. The number of nitro groups is 1. The highest BCUT2D eigenvalue weighted by molar-refractivity contribution is 5.88. The van der Waals surface area contributed by atoms with Crippen molar-refractivity contribution in [3.63, 3.8) is 0 Å². The third kappa shape index (κ3) is 5.02. The van der Waals surface area contributed by atoms with E-state index in [2.05, 4.69) is 22.0 Å². The first-order chi connectivity index (χ1) is 9.99. The van der Waals surface area contributed by atoms with Crippen LogP contribution < -0.4 is 5.32 Å². The van der Waals surface area contributed by atoms with Crippen molar-refractivity contribution in [2.24, 2.45) is 0 Å². The highest BCUT2D eigenvalue weighted by Gasteiger charge is 2.20. The third-order valence-corrected chi connectivity index (χ3v) is 3.09. The quantitative estimate of drug-likeness (QED) is 0.342. The topological polar surface area (TPSA) is 94.4 Å². The molecule has 0 amide bonds. The standard InChI is InChI=1S/C14H21N3O4/c1-4-5-6-7-10(2)15-13-12(17(19)20)9-8-11(16-13)14(18)21-3/h8-10H,4-7H2,1-3H3,(H,15,16). The molecule has 1 aromatic rings. The maximum absolute atomic E-state index is 11.5. The van der Waals surface area contributed by atoms with Crippen LogP contribution in [0.2, 0.25) is 0 Å². The van der Waals surface area contributed by atoms with Gasteiger partial charge in [-0.1, -0.05) is 26.2 Å². The van der Waals surface area contributed by atoms with E-state index in [-0.39, 0.29) is 23.2 Å². The molecular formula is C14H21N3O4. The van der Waals surface area contributed by atoms with Gasteiger partial charge in [-0.15, -0.1) is 0 Å². The smallest absolute Gasteiger partial charge is 0.356 e. The van der Waals surface area contributed by atoms with Crippen LogP contribution in [0.4, 0.5) is 11.5 Å². The molecule has 0 aromatic carbocycles. The van der Waals surface area contributed by atoms with Crippen LogP contribution in [0.1, 0.15) is 50.0 Å². The Morgan fingerprint density at radius 1 is 1.48 bits per heavy atom. The van der Waals surface area contributed by atoms with Gasteiger partial charge < -0.3 is 10.1 Å². The van der Waals surface area contributed by atoms with E-state index in [0.717, 1.165) is 25.7 Å². The molecule has 116 valence electrons. The lowest BCUT2D eigenvalue weighted by molar-refractivity contribution is -0.384. The summed E-state index contributed by atoms with van der Waals surface area (Å²) in [6, 6.07) is 2.59. The van der Waals surface area contributed by atoms with Crippen LogP contribution in [0.15, 0.2) is 12.1 Å². The number of carbonyl (C=O) groups is 1. The predicted molar refractivity (Wildman–Crippen MR) is 79.5 cm³/mol. The number of methoxy groups -OCH3 is 1. The number of hydrogen-bond acceptors (Lipinski definition) is 6. The molecule has 0 aliphatic rings. The molecule has 0 spiro atoms. The number of rotatable bonds is 8. The zero-order valence-electron chi connectivity index (χ0n) is 12.6. The van der Waals surface area contributed by atoms with E-state index in [0.29, 0.717) is 0 Å². The number of unbranched alkanes of at least 4 members (excludes halogenated alkanes) is 2. The third-order valence-electron chi connectivity index (χ3n) is 3.09. The molecular weight excluding hydrogens is 274 g/mol. The summed E-state index contributed by atoms with van der Waals surface area (Å²) in [6.07, 6.45) is 4.15. The number of carbonyl (C=O) groups excluding carboxylic acids is 1. The van der Waals surface area contributed by atoms with Crippen molar-refractivity contribution in [3.05, 3.63) is 27.9 Å². The highest BCUT2D eigenvalue weighted by Crippen LogP contribution is 2.24. The van der Waals surface area contributed by atoms with Crippen molar-refractivity contribution >= 4 is 17.5 Å².